The molecule has 0 bridgehead atoms. The second kappa shape index (κ2) is 3.62. The molecule has 0 radical (unpaired) electrons. The van der Waals surface area contributed by atoms with E-state index in [2.05, 4.69) is 4.74 Å². The minimum Gasteiger partial charge on any atom is -0.505 e. The molecule has 1 N–H and O–H groups in total. The van der Waals surface area contributed by atoms with Crippen LogP contribution < -0.4 is 0 Å². The number of hydrogen-bond acceptors (Lipinski definition) is 3. The van der Waals surface area contributed by atoms with E-state index in [-0.39, 0.29) is 10.6 Å². The second-order valence-electron chi connectivity index (χ2n) is 2.28. The highest BCUT2D eigenvalue weighted by Gasteiger charge is 2.13. The summed E-state index contributed by atoms with van der Waals surface area (Å²) in [7, 11) is 1.18. The monoisotopic (exact) mass is 204 g/mol. The van der Waals surface area contributed by atoms with Gasteiger partial charge in [0.25, 0.3) is 0 Å². The van der Waals surface area contributed by atoms with Gasteiger partial charge in [0.15, 0.2) is 11.6 Å². The lowest BCUT2D eigenvalue weighted by Crippen LogP contribution is -2.01. The third-order valence-corrected chi connectivity index (χ3v) is 1.71. The van der Waals surface area contributed by atoms with Crippen LogP contribution in [-0.4, -0.2) is 18.2 Å². The van der Waals surface area contributed by atoms with Crippen LogP contribution in [0.25, 0.3) is 0 Å². The quantitative estimate of drug-likeness (QED) is 0.712. The van der Waals surface area contributed by atoms with Crippen molar-refractivity contribution in [1.29, 1.82) is 0 Å². The van der Waals surface area contributed by atoms with Gasteiger partial charge in [-0.05, 0) is 12.1 Å². The van der Waals surface area contributed by atoms with Gasteiger partial charge >= 0.3 is 5.97 Å². The maximum atomic E-state index is 12.7. The number of benzene rings is 1. The van der Waals surface area contributed by atoms with Crippen LogP contribution in [0.15, 0.2) is 12.1 Å². The van der Waals surface area contributed by atoms with E-state index in [1.807, 2.05) is 0 Å². The number of phenols is 1. The highest BCUT2D eigenvalue weighted by molar-refractivity contribution is 6.31. The van der Waals surface area contributed by atoms with Crippen LogP contribution in [0, 0.1) is 5.82 Å². The first kappa shape index (κ1) is 9.80. The average molecular weight is 205 g/mol. The summed E-state index contributed by atoms with van der Waals surface area (Å²) in [5.41, 5.74) is 0.00593. The van der Waals surface area contributed by atoms with Crippen LogP contribution in [0.1, 0.15) is 10.4 Å². The van der Waals surface area contributed by atoms with Crippen LogP contribution >= 0.6 is 11.6 Å². The molecule has 1 aromatic carbocycles. The Hall–Kier alpha value is -1.29. The Kier molecular flexibility index (Phi) is 2.72. The Labute approximate surface area is 78.7 Å². The summed E-state index contributed by atoms with van der Waals surface area (Å²) >= 11 is 5.38. The molecule has 0 aliphatic rings. The number of phenolic OH excluding ortho intramolecular Hbond substituents is 1. The molecule has 1 aromatic rings. The van der Waals surface area contributed by atoms with Gasteiger partial charge in [-0.1, -0.05) is 11.6 Å². The lowest BCUT2D eigenvalue weighted by Gasteiger charge is -2.02. The molecule has 0 atom stereocenters. The number of rotatable bonds is 1. The van der Waals surface area contributed by atoms with Crippen molar-refractivity contribution in [2.75, 3.05) is 7.11 Å². The third-order valence-electron chi connectivity index (χ3n) is 1.43. The minimum atomic E-state index is -0.950. The molecule has 0 fully saturated rings. The molecule has 70 valence electrons. The predicted molar refractivity (Wildman–Crippen MR) is 44.4 cm³/mol. The van der Waals surface area contributed by atoms with Crippen molar-refractivity contribution >= 4 is 17.6 Å². The molecule has 0 aliphatic heterocycles. The van der Waals surface area contributed by atoms with E-state index < -0.39 is 17.5 Å². The van der Waals surface area contributed by atoms with Crippen molar-refractivity contribution in [1.82, 2.24) is 0 Å². The third kappa shape index (κ3) is 1.89. The van der Waals surface area contributed by atoms with Gasteiger partial charge < -0.3 is 9.84 Å². The maximum Gasteiger partial charge on any atom is 0.338 e. The van der Waals surface area contributed by atoms with E-state index >= 15 is 0 Å². The fourth-order valence-corrected chi connectivity index (χ4v) is 1.02. The predicted octanol–water partition coefficient (Wildman–Crippen LogP) is 1.97. The molecular weight excluding hydrogens is 199 g/mol. The van der Waals surface area contributed by atoms with Gasteiger partial charge in [0.1, 0.15) is 0 Å². The SMILES string of the molecule is COC(=O)c1cc(O)c(F)c(Cl)c1. The molecule has 0 spiro atoms. The molecule has 0 unspecified atom stereocenters. The zero-order chi connectivity index (χ0) is 10.0. The standard InChI is InChI=1S/C8H6ClFO3/c1-13-8(12)4-2-5(9)7(10)6(11)3-4/h2-3,11H,1H3. The Morgan fingerprint density at radius 2 is 2.23 bits per heavy atom. The van der Waals surface area contributed by atoms with Gasteiger partial charge in [0.2, 0.25) is 0 Å². The first-order valence-corrected chi connectivity index (χ1v) is 3.70. The van der Waals surface area contributed by atoms with Gasteiger partial charge in [-0.3, -0.25) is 0 Å². The van der Waals surface area contributed by atoms with E-state index in [0.29, 0.717) is 0 Å². The summed E-state index contributed by atoms with van der Waals surface area (Å²) in [6.07, 6.45) is 0. The number of hydrogen-bond donors (Lipinski definition) is 1. The fraction of sp³-hybridized carbons (Fsp3) is 0.125. The number of aromatic hydroxyl groups is 1. The lowest BCUT2D eigenvalue weighted by molar-refractivity contribution is 0.0600. The van der Waals surface area contributed by atoms with Gasteiger partial charge in [0.05, 0.1) is 17.7 Å². The second-order valence-corrected chi connectivity index (χ2v) is 2.69. The highest BCUT2D eigenvalue weighted by Crippen LogP contribution is 2.25. The molecule has 0 saturated carbocycles. The van der Waals surface area contributed by atoms with Crippen LogP contribution in [0.4, 0.5) is 4.39 Å². The number of esters is 1. The smallest absolute Gasteiger partial charge is 0.338 e. The normalized spacial score (nSPS) is 9.77. The van der Waals surface area contributed by atoms with Crippen LogP contribution in [0.5, 0.6) is 5.75 Å². The Bertz CT molecular complexity index is 328. The van der Waals surface area contributed by atoms with Crippen molar-refractivity contribution in [2.45, 2.75) is 0 Å². The number of carbonyl (C=O) groups is 1. The molecule has 13 heavy (non-hydrogen) atoms. The van der Waals surface area contributed by atoms with Gasteiger partial charge in [0, 0.05) is 0 Å². The fourth-order valence-electron chi connectivity index (χ4n) is 0.810. The summed E-state index contributed by atoms with van der Waals surface area (Å²) in [5, 5.41) is 8.64. The summed E-state index contributed by atoms with van der Waals surface area (Å²) in [5.74, 6) is -2.31. The zero-order valence-electron chi connectivity index (χ0n) is 6.67. The summed E-state index contributed by atoms with van der Waals surface area (Å²) in [6.45, 7) is 0. The molecule has 1 rings (SSSR count). The molecule has 5 heteroatoms. The topological polar surface area (TPSA) is 46.5 Å². The van der Waals surface area contributed by atoms with Crippen LogP contribution in [0.2, 0.25) is 5.02 Å². The van der Waals surface area contributed by atoms with E-state index in [1.165, 1.54) is 7.11 Å². The van der Waals surface area contributed by atoms with Crippen molar-refractivity contribution in [3.8, 4) is 5.75 Å². The average Bonchev–Trinajstić information content (AvgIpc) is 2.12. The van der Waals surface area contributed by atoms with Crippen LogP contribution in [-0.2, 0) is 4.74 Å². The molecule has 0 aliphatic carbocycles. The molecule has 0 saturated heterocycles. The number of halogens is 2. The summed E-state index contributed by atoms with van der Waals surface area (Å²) in [6, 6.07) is 2.04. The first-order chi connectivity index (χ1) is 6.06. The lowest BCUT2D eigenvalue weighted by atomic mass is 10.2. The Morgan fingerprint density at radius 1 is 1.62 bits per heavy atom. The van der Waals surface area contributed by atoms with Crippen molar-refractivity contribution in [3.05, 3.63) is 28.5 Å². The number of methoxy groups -OCH3 is 1. The molecule has 0 amide bonds. The highest BCUT2D eigenvalue weighted by atomic mass is 35.5. The van der Waals surface area contributed by atoms with E-state index in [4.69, 9.17) is 16.7 Å². The van der Waals surface area contributed by atoms with Crippen molar-refractivity contribution in [3.63, 3.8) is 0 Å². The summed E-state index contributed by atoms with van der Waals surface area (Å²) < 4.78 is 17.1. The number of ether oxygens (including phenoxy) is 1. The molecular formula is C8H6ClFO3. The van der Waals surface area contributed by atoms with Crippen molar-refractivity contribution < 1.29 is 19.0 Å². The Morgan fingerprint density at radius 3 is 2.69 bits per heavy atom. The van der Waals surface area contributed by atoms with Gasteiger partial charge in [-0.25, -0.2) is 9.18 Å². The van der Waals surface area contributed by atoms with E-state index in [9.17, 15) is 9.18 Å². The number of carbonyl (C=O) groups excluding carboxylic acids is 1. The van der Waals surface area contributed by atoms with Gasteiger partial charge in [-0.15, -0.1) is 0 Å². The van der Waals surface area contributed by atoms with Crippen LogP contribution in [0.3, 0.4) is 0 Å². The minimum absolute atomic E-state index is 0.00593. The van der Waals surface area contributed by atoms with E-state index in [1.54, 1.807) is 0 Å². The first-order valence-electron chi connectivity index (χ1n) is 3.32. The summed E-state index contributed by atoms with van der Waals surface area (Å²) in [4.78, 5) is 10.9. The van der Waals surface area contributed by atoms with Crippen molar-refractivity contribution in [2.24, 2.45) is 0 Å². The molecule has 0 aromatic heterocycles. The van der Waals surface area contributed by atoms with E-state index in [0.717, 1.165) is 12.1 Å². The largest absolute Gasteiger partial charge is 0.505 e. The molecule has 0 heterocycles. The zero-order valence-corrected chi connectivity index (χ0v) is 7.43. The maximum absolute atomic E-state index is 12.7. The van der Waals surface area contributed by atoms with Gasteiger partial charge in [-0.2, -0.15) is 0 Å². The Balaban J connectivity index is 3.20. The molecule has 3 nitrogen and oxygen atoms in total.